The molecule has 0 heterocycles. The number of ether oxygens (including phenoxy) is 2. The zero-order valence-electron chi connectivity index (χ0n) is 15.8. The highest BCUT2D eigenvalue weighted by Gasteiger charge is 2.49. The monoisotopic (exact) mass is 330 g/mol. The molecule has 0 aromatic carbocycles. The summed E-state index contributed by atoms with van der Waals surface area (Å²) in [5.74, 6) is -1.11. The van der Waals surface area contributed by atoms with Crippen LogP contribution in [0.25, 0.3) is 0 Å². The van der Waals surface area contributed by atoms with E-state index in [1.54, 1.807) is 41.5 Å². The largest absolute Gasteiger partial charge is 0.459 e. The van der Waals surface area contributed by atoms with Crippen LogP contribution in [0.1, 0.15) is 80.6 Å². The minimum absolute atomic E-state index is 0.0839. The Morgan fingerprint density at radius 3 is 1.52 bits per heavy atom. The lowest BCUT2D eigenvalue weighted by Gasteiger charge is -2.35. The molecule has 0 saturated heterocycles. The van der Waals surface area contributed by atoms with E-state index < -0.39 is 28.6 Å². The van der Waals surface area contributed by atoms with Crippen molar-refractivity contribution in [2.45, 2.75) is 91.8 Å². The second-order valence-corrected chi connectivity index (χ2v) is 8.02. The van der Waals surface area contributed by atoms with Crippen LogP contribution in [0.4, 0.5) is 0 Å². The van der Waals surface area contributed by atoms with Gasteiger partial charge in [0.2, 0.25) is 0 Å². The molecule has 0 bridgehead atoms. The fourth-order valence-corrected chi connectivity index (χ4v) is 2.23. The fourth-order valence-electron chi connectivity index (χ4n) is 2.23. The summed E-state index contributed by atoms with van der Waals surface area (Å²) < 4.78 is 11.0. The van der Waals surface area contributed by atoms with Crippen LogP contribution in [0.5, 0.6) is 0 Å². The predicted molar refractivity (Wildman–Crippen MR) is 90.0 cm³/mol. The Bertz CT molecular complexity index is 349. The van der Waals surface area contributed by atoms with Crippen LogP contribution in [0.15, 0.2) is 0 Å². The van der Waals surface area contributed by atoms with E-state index in [0.29, 0.717) is 19.3 Å². The molecule has 0 aromatic rings. The van der Waals surface area contributed by atoms with Gasteiger partial charge in [0.05, 0.1) is 0 Å². The van der Waals surface area contributed by atoms with Crippen LogP contribution in [0.2, 0.25) is 0 Å². The fraction of sp³-hybridized carbons (Fsp3) is 0.889. The van der Waals surface area contributed by atoms with Crippen molar-refractivity contribution >= 4 is 11.9 Å². The lowest BCUT2D eigenvalue weighted by Crippen LogP contribution is -2.47. The van der Waals surface area contributed by atoms with Crippen LogP contribution < -0.4 is 0 Å². The van der Waals surface area contributed by atoms with Gasteiger partial charge in [0.1, 0.15) is 11.2 Å². The first-order valence-electron chi connectivity index (χ1n) is 8.46. The molecule has 0 rings (SSSR count). The lowest BCUT2D eigenvalue weighted by molar-refractivity contribution is -0.187. The summed E-state index contributed by atoms with van der Waals surface area (Å²) in [5.41, 5.74) is -2.72. The van der Waals surface area contributed by atoms with Crippen molar-refractivity contribution in [1.29, 1.82) is 0 Å². The summed E-state index contributed by atoms with van der Waals surface area (Å²) in [4.78, 5) is 25.6. The average Bonchev–Trinajstić information content (AvgIpc) is 2.35. The number of esters is 2. The smallest absolute Gasteiger partial charge is 0.324 e. The number of rotatable bonds is 8. The lowest BCUT2D eigenvalue weighted by atomic mass is 9.78. The molecule has 0 atom stereocenters. The van der Waals surface area contributed by atoms with Gasteiger partial charge in [-0.3, -0.25) is 9.59 Å². The molecule has 0 radical (unpaired) electrons. The second kappa shape index (κ2) is 8.67. The molecule has 5 nitrogen and oxygen atoms in total. The zero-order chi connectivity index (χ0) is 18.3. The van der Waals surface area contributed by atoms with Gasteiger partial charge in [0, 0.05) is 6.61 Å². The molecule has 0 saturated carbocycles. The number of carbonyl (C=O) groups is 2. The van der Waals surface area contributed by atoms with Gasteiger partial charge in [-0.15, -0.1) is 0 Å². The molecule has 136 valence electrons. The maximum Gasteiger partial charge on any atom is 0.324 e. The van der Waals surface area contributed by atoms with Crippen molar-refractivity contribution in [3.05, 3.63) is 0 Å². The van der Waals surface area contributed by atoms with Gasteiger partial charge in [0.15, 0.2) is 5.41 Å². The van der Waals surface area contributed by atoms with Crippen molar-refractivity contribution in [2.24, 2.45) is 5.41 Å². The summed E-state index contributed by atoms with van der Waals surface area (Å²) in [6, 6.07) is 0. The van der Waals surface area contributed by atoms with Gasteiger partial charge in [-0.1, -0.05) is 19.8 Å². The van der Waals surface area contributed by atoms with Gasteiger partial charge >= 0.3 is 11.9 Å². The van der Waals surface area contributed by atoms with Crippen LogP contribution >= 0.6 is 0 Å². The molecule has 1 N–H and O–H groups in total. The van der Waals surface area contributed by atoms with Gasteiger partial charge in [-0.25, -0.2) is 0 Å². The maximum absolute atomic E-state index is 12.8. The van der Waals surface area contributed by atoms with Crippen molar-refractivity contribution in [3.63, 3.8) is 0 Å². The Morgan fingerprint density at radius 2 is 1.22 bits per heavy atom. The highest BCUT2D eigenvalue weighted by atomic mass is 16.6. The minimum Gasteiger partial charge on any atom is -0.459 e. The molecule has 0 aliphatic heterocycles. The first kappa shape index (κ1) is 21.9. The summed E-state index contributed by atoms with van der Waals surface area (Å²) in [6.45, 7) is 12.6. The molecular formula is C18H34O5. The van der Waals surface area contributed by atoms with Gasteiger partial charge < -0.3 is 14.6 Å². The molecule has 0 aromatic heterocycles. The molecular weight excluding hydrogens is 296 g/mol. The average molecular weight is 330 g/mol. The topological polar surface area (TPSA) is 72.8 Å². The van der Waals surface area contributed by atoms with Gasteiger partial charge in [-0.05, 0) is 60.8 Å². The Balaban J connectivity index is 5.64. The zero-order valence-corrected chi connectivity index (χ0v) is 15.8. The van der Waals surface area contributed by atoms with Crippen molar-refractivity contribution in [2.75, 3.05) is 6.61 Å². The number of hydrogen-bond acceptors (Lipinski definition) is 5. The standard InChI is InChI=1S/C18H34O5/c1-8-9-11-18(12-10-13-19,14(20)22-16(2,3)4)15(21)23-17(5,6)7/h19H,8-13H2,1-7H3. The van der Waals surface area contributed by atoms with E-state index in [2.05, 4.69) is 0 Å². The molecule has 0 unspecified atom stereocenters. The third kappa shape index (κ3) is 7.82. The summed E-state index contributed by atoms with van der Waals surface area (Å²) in [7, 11) is 0. The number of carbonyl (C=O) groups excluding carboxylic acids is 2. The number of hydrogen-bond donors (Lipinski definition) is 1. The quantitative estimate of drug-likeness (QED) is 0.543. The molecule has 0 fully saturated rings. The van der Waals surface area contributed by atoms with E-state index in [1.165, 1.54) is 0 Å². The Kier molecular flexibility index (Phi) is 8.25. The summed E-state index contributed by atoms with van der Waals surface area (Å²) >= 11 is 0. The normalized spacial score (nSPS) is 12.9. The van der Waals surface area contributed by atoms with Crippen LogP contribution in [-0.2, 0) is 19.1 Å². The third-order valence-corrected chi connectivity index (χ3v) is 3.30. The van der Waals surface area contributed by atoms with Gasteiger partial charge in [-0.2, -0.15) is 0 Å². The Labute approximate surface area is 140 Å². The molecule has 23 heavy (non-hydrogen) atoms. The highest BCUT2D eigenvalue weighted by molar-refractivity contribution is 6.00. The number of unbranched alkanes of at least 4 members (excludes halogenated alkanes) is 1. The van der Waals surface area contributed by atoms with E-state index in [9.17, 15) is 14.7 Å². The number of aliphatic hydroxyl groups is 1. The van der Waals surface area contributed by atoms with Crippen LogP contribution in [-0.4, -0.2) is 34.9 Å². The first-order valence-corrected chi connectivity index (χ1v) is 8.46. The van der Waals surface area contributed by atoms with E-state index in [0.717, 1.165) is 6.42 Å². The molecule has 0 aliphatic carbocycles. The van der Waals surface area contributed by atoms with E-state index >= 15 is 0 Å². The maximum atomic E-state index is 12.8. The van der Waals surface area contributed by atoms with E-state index in [1.807, 2.05) is 6.92 Å². The summed E-state index contributed by atoms with van der Waals surface area (Å²) in [6.07, 6.45) is 2.51. The Hall–Kier alpha value is -1.10. The molecule has 0 amide bonds. The van der Waals surface area contributed by atoms with E-state index in [4.69, 9.17) is 9.47 Å². The minimum atomic E-state index is -1.35. The van der Waals surface area contributed by atoms with Crippen molar-refractivity contribution in [1.82, 2.24) is 0 Å². The summed E-state index contributed by atoms with van der Waals surface area (Å²) in [5, 5.41) is 9.18. The predicted octanol–water partition coefficient (Wildman–Crippen LogP) is 3.62. The molecule has 0 aliphatic rings. The highest BCUT2D eigenvalue weighted by Crippen LogP contribution is 2.36. The van der Waals surface area contributed by atoms with Gasteiger partial charge in [0.25, 0.3) is 0 Å². The molecule has 0 spiro atoms. The van der Waals surface area contributed by atoms with Crippen molar-refractivity contribution in [3.8, 4) is 0 Å². The van der Waals surface area contributed by atoms with Crippen LogP contribution in [0.3, 0.4) is 0 Å². The number of aliphatic hydroxyl groups excluding tert-OH is 1. The Morgan fingerprint density at radius 1 is 0.826 bits per heavy atom. The SMILES string of the molecule is CCCCC(CCCO)(C(=O)OC(C)(C)C)C(=O)OC(C)(C)C. The second-order valence-electron chi connectivity index (χ2n) is 8.02. The first-order chi connectivity index (χ1) is 10.4. The third-order valence-electron chi connectivity index (χ3n) is 3.30. The van der Waals surface area contributed by atoms with Crippen molar-refractivity contribution < 1.29 is 24.2 Å². The van der Waals surface area contributed by atoms with E-state index in [-0.39, 0.29) is 13.0 Å². The molecule has 5 heteroatoms. The van der Waals surface area contributed by atoms with Crippen LogP contribution in [0, 0.1) is 5.41 Å².